The number of sulfonamides is 1. The maximum absolute atomic E-state index is 12.6. The molecule has 0 aliphatic rings. The van der Waals surface area contributed by atoms with E-state index in [-0.39, 0.29) is 4.90 Å². The Kier molecular flexibility index (Phi) is 5.12. The van der Waals surface area contributed by atoms with Gasteiger partial charge >= 0.3 is 0 Å². The van der Waals surface area contributed by atoms with Crippen LogP contribution < -0.4 is 9.46 Å². The van der Waals surface area contributed by atoms with Crippen LogP contribution in [0, 0.1) is 0 Å². The second kappa shape index (κ2) is 6.72. The summed E-state index contributed by atoms with van der Waals surface area (Å²) < 4.78 is 33.1. The lowest BCUT2D eigenvalue weighted by molar-refractivity contribution is 0.413. The van der Waals surface area contributed by atoms with Crippen molar-refractivity contribution in [1.29, 1.82) is 0 Å². The highest BCUT2D eigenvalue weighted by atomic mass is 32.2. The molecule has 0 aliphatic carbocycles. The summed E-state index contributed by atoms with van der Waals surface area (Å²) in [7, 11) is -1.99. The fraction of sp³-hybridized carbons (Fsp3) is 0.333. The van der Waals surface area contributed by atoms with E-state index in [1.807, 2.05) is 57.2 Å². The molecule has 23 heavy (non-hydrogen) atoms. The molecule has 0 unspecified atom stereocenters. The molecule has 124 valence electrons. The summed E-state index contributed by atoms with van der Waals surface area (Å²) in [4.78, 5) is 0.274. The lowest BCUT2D eigenvalue weighted by Gasteiger charge is -2.26. The van der Waals surface area contributed by atoms with E-state index in [0.29, 0.717) is 0 Å². The van der Waals surface area contributed by atoms with Crippen LogP contribution >= 0.6 is 0 Å². The van der Waals surface area contributed by atoms with Gasteiger partial charge < -0.3 is 4.74 Å². The van der Waals surface area contributed by atoms with E-state index >= 15 is 0 Å². The van der Waals surface area contributed by atoms with Gasteiger partial charge in [0.15, 0.2) is 0 Å². The van der Waals surface area contributed by atoms with E-state index in [0.717, 1.165) is 23.3 Å². The Bertz CT molecular complexity index is 748. The fourth-order valence-corrected chi connectivity index (χ4v) is 3.77. The van der Waals surface area contributed by atoms with Crippen LogP contribution in [-0.4, -0.2) is 15.5 Å². The van der Waals surface area contributed by atoms with Gasteiger partial charge in [0.2, 0.25) is 10.0 Å². The Morgan fingerprint density at radius 3 is 2.04 bits per heavy atom. The summed E-state index contributed by atoms with van der Waals surface area (Å²) in [6, 6.07) is 14.3. The Labute approximate surface area is 138 Å². The quantitative estimate of drug-likeness (QED) is 0.880. The van der Waals surface area contributed by atoms with E-state index in [1.54, 1.807) is 19.2 Å². The number of nitrogens with one attached hydrogen (secondary N) is 1. The fourth-order valence-electron chi connectivity index (χ4n) is 2.37. The average Bonchev–Trinajstić information content (AvgIpc) is 2.54. The summed E-state index contributed by atoms with van der Waals surface area (Å²) in [6.07, 6.45) is 0.880. The normalized spacial score (nSPS) is 12.2. The molecule has 0 spiro atoms. The minimum atomic E-state index is -3.59. The molecule has 0 aliphatic heterocycles. The van der Waals surface area contributed by atoms with Gasteiger partial charge in [0.1, 0.15) is 5.75 Å². The highest BCUT2D eigenvalue weighted by Gasteiger charge is 2.27. The second-order valence-corrected chi connectivity index (χ2v) is 7.64. The Balaban J connectivity index is 2.25. The molecule has 0 heterocycles. The van der Waals surface area contributed by atoms with Crippen molar-refractivity contribution >= 4 is 10.0 Å². The first-order chi connectivity index (χ1) is 10.8. The van der Waals surface area contributed by atoms with Gasteiger partial charge in [-0.15, -0.1) is 0 Å². The highest BCUT2D eigenvalue weighted by Crippen LogP contribution is 2.25. The molecular weight excluding hydrogens is 310 g/mol. The predicted molar refractivity (Wildman–Crippen MR) is 92.2 cm³/mol. The Hall–Kier alpha value is -1.85. The van der Waals surface area contributed by atoms with Crippen molar-refractivity contribution in [2.45, 2.75) is 37.6 Å². The van der Waals surface area contributed by atoms with Gasteiger partial charge in [0, 0.05) is 0 Å². The smallest absolute Gasteiger partial charge is 0.241 e. The van der Waals surface area contributed by atoms with Gasteiger partial charge in [0.05, 0.1) is 17.5 Å². The first-order valence-electron chi connectivity index (χ1n) is 7.56. The van der Waals surface area contributed by atoms with Crippen molar-refractivity contribution in [1.82, 2.24) is 4.72 Å². The Morgan fingerprint density at radius 2 is 1.57 bits per heavy atom. The monoisotopic (exact) mass is 333 g/mol. The van der Waals surface area contributed by atoms with Crippen molar-refractivity contribution in [2.75, 3.05) is 7.11 Å². The number of benzene rings is 2. The maximum Gasteiger partial charge on any atom is 0.241 e. The van der Waals surface area contributed by atoms with Crippen molar-refractivity contribution < 1.29 is 13.2 Å². The van der Waals surface area contributed by atoms with Crippen molar-refractivity contribution in [3.05, 3.63) is 59.7 Å². The summed E-state index contributed by atoms with van der Waals surface area (Å²) in [5, 5.41) is 0. The number of ether oxygens (including phenoxy) is 1. The van der Waals surface area contributed by atoms with Crippen molar-refractivity contribution in [2.24, 2.45) is 0 Å². The molecule has 1 N–H and O–H groups in total. The molecular formula is C18H23NO3S. The SMILES string of the molecule is CCc1ccc(S(=O)(=O)NC(C)(C)c2ccc(OC)cc2)cc1. The number of hydrogen-bond acceptors (Lipinski definition) is 3. The molecule has 2 aromatic rings. The largest absolute Gasteiger partial charge is 0.497 e. The zero-order valence-electron chi connectivity index (χ0n) is 14.0. The molecule has 0 bridgehead atoms. The molecule has 2 aromatic carbocycles. The van der Waals surface area contributed by atoms with Crippen molar-refractivity contribution in [3.63, 3.8) is 0 Å². The average molecular weight is 333 g/mol. The van der Waals surface area contributed by atoms with Crippen LogP contribution in [0.5, 0.6) is 5.75 Å². The summed E-state index contributed by atoms with van der Waals surface area (Å²) in [6.45, 7) is 5.72. The molecule has 4 nitrogen and oxygen atoms in total. The van der Waals surface area contributed by atoms with Crippen LogP contribution in [0.4, 0.5) is 0 Å². The third kappa shape index (κ3) is 4.12. The van der Waals surface area contributed by atoms with E-state index in [2.05, 4.69) is 4.72 Å². The standard InChI is InChI=1S/C18H23NO3S/c1-5-14-6-12-17(13-7-14)23(20,21)19-18(2,3)15-8-10-16(22-4)11-9-15/h6-13,19H,5H2,1-4H3. The second-order valence-electron chi connectivity index (χ2n) is 5.96. The lowest BCUT2D eigenvalue weighted by Crippen LogP contribution is -2.40. The zero-order valence-corrected chi connectivity index (χ0v) is 14.8. The van der Waals surface area contributed by atoms with Gasteiger partial charge in [-0.2, -0.15) is 0 Å². The number of methoxy groups -OCH3 is 1. The van der Waals surface area contributed by atoms with E-state index in [9.17, 15) is 8.42 Å². The summed E-state index contributed by atoms with van der Waals surface area (Å²) in [5.74, 6) is 0.738. The van der Waals surface area contributed by atoms with Crippen LogP contribution in [0.15, 0.2) is 53.4 Å². The summed E-state index contributed by atoms with van der Waals surface area (Å²) >= 11 is 0. The molecule has 0 amide bonds. The van der Waals surface area contributed by atoms with Gasteiger partial charge in [-0.1, -0.05) is 31.2 Å². The predicted octanol–water partition coefficient (Wildman–Crippen LogP) is 3.47. The van der Waals surface area contributed by atoms with E-state index in [1.165, 1.54) is 0 Å². The van der Waals surface area contributed by atoms with Gasteiger partial charge in [-0.3, -0.25) is 0 Å². The molecule has 0 saturated heterocycles. The van der Waals surface area contributed by atoms with Gasteiger partial charge in [0.25, 0.3) is 0 Å². The topological polar surface area (TPSA) is 55.4 Å². The number of aryl methyl sites for hydroxylation is 1. The third-order valence-corrected chi connectivity index (χ3v) is 5.51. The summed E-state index contributed by atoms with van der Waals surface area (Å²) in [5.41, 5.74) is 1.25. The molecule has 0 atom stereocenters. The van der Waals surface area contributed by atoms with Crippen molar-refractivity contribution in [3.8, 4) is 5.75 Å². The van der Waals surface area contributed by atoms with Crippen LogP contribution in [0.3, 0.4) is 0 Å². The first kappa shape index (κ1) is 17.5. The minimum Gasteiger partial charge on any atom is -0.497 e. The minimum absolute atomic E-state index is 0.274. The van der Waals surface area contributed by atoms with Crippen LogP contribution in [0.25, 0.3) is 0 Å². The molecule has 2 rings (SSSR count). The Morgan fingerprint density at radius 1 is 1.00 bits per heavy atom. The third-order valence-electron chi connectivity index (χ3n) is 3.84. The lowest BCUT2D eigenvalue weighted by atomic mass is 9.96. The molecule has 0 saturated carbocycles. The number of rotatable bonds is 6. The molecule has 0 fully saturated rings. The number of hydrogen-bond donors (Lipinski definition) is 1. The van der Waals surface area contributed by atoms with Crippen LogP contribution in [-0.2, 0) is 22.0 Å². The maximum atomic E-state index is 12.6. The van der Waals surface area contributed by atoms with Gasteiger partial charge in [-0.25, -0.2) is 13.1 Å². The molecule has 0 aromatic heterocycles. The van der Waals surface area contributed by atoms with Gasteiger partial charge in [-0.05, 0) is 55.7 Å². The van der Waals surface area contributed by atoms with E-state index in [4.69, 9.17) is 4.74 Å². The zero-order chi connectivity index (χ0) is 17.1. The first-order valence-corrected chi connectivity index (χ1v) is 9.04. The van der Waals surface area contributed by atoms with Crippen LogP contribution in [0.2, 0.25) is 0 Å². The van der Waals surface area contributed by atoms with E-state index < -0.39 is 15.6 Å². The highest BCUT2D eigenvalue weighted by molar-refractivity contribution is 7.89. The van der Waals surface area contributed by atoms with Crippen LogP contribution in [0.1, 0.15) is 31.9 Å². The molecule has 5 heteroatoms. The molecule has 0 radical (unpaired) electrons.